The van der Waals surface area contributed by atoms with Crippen LogP contribution in [0, 0.1) is 0 Å². The maximum Gasteiger partial charge on any atom is 0.338 e. The highest BCUT2D eigenvalue weighted by Crippen LogP contribution is 2.17. The topological polar surface area (TPSA) is 90.4 Å². The SMILES string of the molecule is CCCOC(=O)c1ccc(NCc2nc(-c3ccco3)no2)cc1. The number of esters is 1. The van der Waals surface area contributed by atoms with Gasteiger partial charge in [-0.2, -0.15) is 4.98 Å². The first kappa shape index (κ1) is 15.8. The van der Waals surface area contributed by atoms with E-state index in [4.69, 9.17) is 13.7 Å². The van der Waals surface area contributed by atoms with Crippen LogP contribution in [0.5, 0.6) is 0 Å². The molecule has 1 N–H and O–H groups in total. The Morgan fingerprint density at radius 2 is 2.08 bits per heavy atom. The van der Waals surface area contributed by atoms with E-state index in [1.165, 1.54) is 0 Å². The van der Waals surface area contributed by atoms with Crippen molar-refractivity contribution in [3.8, 4) is 11.6 Å². The largest absolute Gasteiger partial charge is 0.462 e. The standard InChI is InChI=1S/C17H17N3O4/c1-2-9-23-17(21)12-5-7-13(8-6-12)18-11-15-19-16(20-24-15)14-4-3-10-22-14/h3-8,10,18H,2,9,11H2,1H3. The minimum Gasteiger partial charge on any atom is -0.462 e. The molecule has 124 valence electrons. The third-order valence-corrected chi connectivity index (χ3v) is 3.21. The predicted molar refractivity (Wildman–Crippen MR) is 86.3 cm³/mol. The van der Waals surface area contributed by atoms with Gasteiger partial charge in [0.25, 0.3) is 0 Å². The minimum atomic E-state index is -0.316. The third-order valence-electron chi connectivity index (χ3n) is 3.21. The fourth-order valence-electron chi connectivity index (χ4n) is 2.01. The molecule has 0 amide bonds. The molecule has 0 saturated carbocycles. The Morgan fingerprint density at radius 1 is 1.25 bits per heavy atom. The van der Waals surface area contributed by atoms with Crippen LogP contribution in [0.25, 0.3) is 11.6 Å². The van der Waals surface area contributed by atoms with Gasteiger partial charge in [-0.3, -0.25) is 0 Å². The van der Waals surface area contributed by atoms with Crippen molar-refractivity contribution in [3.05, 3.63) is 54.1 Å². The van der Waals surface area contributed by atoms with E-state index in [0.717, 1.165) is 12.1 Å². The summed E-state index contributed by atoms with van der Waals surface area (Å²) in [6, 6.07) is 10.5. The van der Waals surface area contributed by atoms with Crippen LogP contribution in [-0.2, 0) is 11.3 Å². The van der Waals surface area contributed by atoms with Gasteiger partial charge >= 0.3 is 5.97 Å². The Labute approximate surface area is 138 Å². The van der Waals surface area contributed by atoms with Crippen molar-refractivity contribution in [1.82, 2.24) is 10.1 Å². The van der Waals surface area contributed by atoms with Crippen LogP contribution in [0.3, 0.4) is 0 Å². The molecule has 2 aromatic heterocycles. The summed E-state index contributed by atoms with van der Waals surface area (Å²) in [5.74, 6) is 1.09. The van der Waals surface area contributed by atoms with Gasteiger partial charge in [-0.1, -0.05) is 12.1 Å². The van der Waals surface area contributed by atoms with Crippen LogP contribution in [0.1, 0.15) is 29.6 Å². The molecule has 0 fully saturated rings. The van der Waals surface area contributed by atoms with Gasteiger partial charge in [0.1, 0.15) is 0 Å². The Kier molecular flexibility index (Phi) is 4.90. The van der Waals surface area contributed by atoms with E-state index in [-0.39, 0.29) is 5.97 Å². The molecule has 7 nitrogen and oxygen atoms in total. The Balaban J connectivity index is 1.56. The molecule has 1 aromatic carbocycles. The Bertz CT molecular complexity index is 779. The molecule has 2 heterocycles. The van der Waals surface area contributed by atoms with E-state index in [2.05, 4.69) is 15.5 Å². The molecular formula is C17H17N3O4. The zero-order valence-corrected chi connectivity index (χ0v) is 13.2. The monoisotopic (exact) mass is 327 g/mol. The summed E-state index contributed by atoms with van der Waals surface area (Å²) < 4.78 is 15.5. The Morgan fingerprint density at radius 3 is 2.79 bits per heavy atom. The highest BCUT2D eigenvalue weighted by atomic mass is 16.5. The summed E-state index contributed by atoms with van der Waals surface area (Å²) >= 11 is 0. The van der Waals surface area contributed by atoms with Crippen LogP contribution in [0.15, 0.2) is 51.6 Å². The van der Waals surface area contributed by atoms with Crippen molar-refractivity contribution in [1.29, 1.82) is 0 Å². The molecule has 24 heavy (non-hydrogen) atoms. The highest BCUT2D eigenvalue weighted by molar-refractivity contribution is 5.89. The predicted octanol–water partition coefficient (Wildman–Crippen LogP) is 3.51. The van der Waals surface area contributed by atoms with Gasteiger partial charge in [0.15, 0.2) is 5.76 Å². The number of nitrogens with one attached hydrogen (secondary N) is 1. The molecule has 0 unspecified atom stereocenters. The van der Waals surface area contributed by atoms with Crippen molar-refractivity contribution in [2.45, 2.75) is 19.9 Å². The summed E-state index contributed by atoms with van der Waals surface area (Å²) in [5.41, 5.74) is 1.35. The van der Waals surface area contributed by atoms with E-state index >= 15 is 0 Å². The molecule has 0 saturated heterocycles. The maximum atomic E-state index is 11.7. The van der Waals surface area contributed by atoms with Gasteiger partial charge in [0, 0.05) is 5.69 Å². The van der Waals surface area contributed by atoms with Gasteiger partial charge in [-0.25, -0.2) is 4.79 Å². The lowest BCUT2D eigenvalue weighted by atomic mass is 10.2. The molecule has 7 heteroatoms. The quantitative estimate of drug-likeness (QED) is 0.664. The van der Waals surface area contributed by atoms with E-state index in [1.54, 1.807) is 42.7 Å². The first-order valence-electron chi connectivity index (χ1n) is 7.64. The van der Waals surface area contributed by atoms with E-state index in [0.29, 0.717) is 36.2 Å². The number of furan rings is 1. The lowest BCUT2D eigenvalue weighted by Gasteiger charge is -2.05. The smallest absolute Gasteiger partial charge is 0.338 e. The molecule has 0 atom stereocenters. The molecule has 3 rings (SSSR count). The number of anilines is 1. The molecule has 0 aliphatic carbocycles. The number of carbonyl (C=O) groups is 1. The van der Waals surface area contributed by atoms with Crippen molar-refractivity contribution in [3.63, 3.8) is 0 Å². The first-order valence-corrected chi connectivity index (χ1v) is 7.64. The number of benzene rings is 1. The molecule has 0 aliphatic rings. The minimum absolute atomic E-state index is 0.316. The van der Waals surface area contributed by atoms with Gasteiger partial charge in [0.2, 0.25) is 11.7 Å². The second-order valence-corrected chi connectivity index (χ2v) is 5.06. The lowest BCUT2D eigenvalue weighted by molar-refractivity contribution is 0.0505. The van der Waals surface area contributed by atoms with Crippen molar-refractivity contribution < 1.29 is 18.5 Å². The van der Waals surface area contributed by atoms with Gasteiger partial charge < -0.3 is 19.0 Å². The zero-order valence-electron chi connectivity index (χ0n) is 13.2. The van der Waals surface area contributed by atoms with E-state index in [9.17, 15) is 4.79 Å². The zero-order chi connectivity index (χ0) is 16.8. The van der Waals surface area contributed by atoms with Crippen LogP contribution < -0.4 is 5.32 Å². The maximum absolute atomic E-state index is 11.7. The number of hydrogen-bond acceptors (Lipinski definition) is 7. The van der Waals surface area contributed by atoms with Crippen LogP contribution in [0.4, 0.5) is 5.69 Å². The molecular weight excluding hydrogens is 310 g/mol. The summed E-state index contributed by atoms with van der Waals surface area (Å²) in [5, 5.41) is 7.01. The summed E-state index contributed by atoms with van der Waals surface area (Å²) in [6.45, 7) is 2.75. The van der Waals surface area contributed by atoms with Gasteiger partial charge in [-0.15, -0.1) is 0 Å². The normalized spacial score (nSPS) is 10.5. The number of aromatic nitrogens is 2. The Hall–Kier alpha value is -3.09. The highest BCUT2D eigenvalue weighted by Gasteiger charge is 2.11. The summed E-state index contributed by atoms with van der Waals surface area (Å²) in [6.07, 6.45) is 2.35. The molecule has 0 aliphatic heterocycles. The molecule has 0 spiro atoms. The molecule has 0 bridgehead atoms. The molecule has 3 aromatic rings. The van der Waals surface area contributed by atoms with Crippen molar-refractivity contribution in [2.24, 2.45) is 0 Å². The van der Waals surface area contributed by atoms with Gasteiger partial charge in [0.05, 0.1) is 25.0 Å². The number of nitrogens with zero attached hydrogens (tertiary/aromatic N) is 2. The number of hydrogen-bond donors (Lipinski definition) is 1. The van der Waals surface area contributed by atoms with Crippen LogP contribution in [-0.4, -0.2) is 22.7 Å². The average molecular weight is 327 g/mol. The first-order chi connectivity index (χ1) is 11.8. The number of rotatable bonds is 7. The average Bonchev–Trinajstić information content (AvgIpc) is 3.29. The fourth-order valence-corrected chi connectivity index (χ4v) is 2.01. The van der Waals surface area contributed by atoms with E-state index in [1.807, 2.05) is 6.92 Å². The van der Waals surface area contributed by atoms with E-state index < -0.39 is 0 Å². The van der Waals surface area contributed by atoms with Crippen molar-refractivity contribution in [2.75, 3.05) is 11.9 Å². The fraction of sp³-hybridized carbons (Fsp3) is 0.235. The summed E-state index contributed by atoms with van der Waals surface area (Å²) in [4.78, 5) is 16.0. The van der Waals surface area contributed by atoms with Crippen LogP contribution in [0.2, 0.25) is 0 Å². The van der Waals surface area contributed by atoms with Crippen LogP contribution >= 0.6 is 0 Å². The molecule has 0 radical (unpaired) electrons. The van der Waals surface area contributed by atoms with Gasteiger partial charge in [-0.05, 0) is 42.8 Å². The second kappa shape index (κ2) is 7.45. The lowest BCUT2D eigenvalue weighted by Crippen LogP contribution is -2.06. The van der Waals surface area contributed by atoms with Crippen molar-refractivity contribution >= 4 is 11.7 Å². The number of ether oxygens (including phenoxy) is 1. The third kappa shape index (κ3) is 3.81. The second-order valence-electron chi connectivity index (χ2n) is 5.06. The summed E-state index contributed by atoms with van der Waals surface area (Å²) in [7, 11) is 0. The number of carbonyl (C=O) groups excluding carboxylic acids is 1.